The van der Waals surface area contributed by atoms with Gasteiger partial charge in [0.25, 0.3) is 0 Å². The molecule has 0 aliphatic rings. The first-order valence-electron chi connectivity index (χ1n) is 11.8. The summed E-state index contributed by atoms with van der Waals surface area (Å²) >= 11 is 1.88. The molecule has 0 aliphatic heterocycles. The van der Waals surface area contributed by atoms with E-state index in [0.717, 1.165) is 12.1 Å². The zero-order valence-electron chi connectivity index (χ0n) is 20.1. The Morgan fingerprint density at radius 1 is 0.758 bits per heavy atom. The largest absolute Gasteiger partial charge is 0.256 e. The smallest absolute Gasteiger partial charge is 0.0704 e. The van der Waals surface area contributed by atoms with Gasteiger partial charge >= 0.3 is 0 Å². The Bertz CT molecular complexity index is 1450. The van der Waals surface area contributed by atoms with E-state index in [-0.39, 0.29) is 5.41 Å². The van der Waals surface area contributed by atoms with Gasteiger partial charge in [-0.25, -0.2) is 0 Å². The molecule has 0 fully saturated rings. The number of fused-ring (bicyclic) bond motifs is 3. The van der Waals surface area contributed by atoms with Crippen molar-refractivity contribution in [2.75, 3.05) is 0 Å². The minimum Gasteiger partial charge on any atom is -0.256 e. The van der Waals surface area contributed by atoms with Crippen LogP contribution in [0.4, 0.5) is 0 Å². The van der Waals surface area contributed by atoms with Crippen LogP contribution in [0.3, 0.4) is 0 Å². The fourth-order valence-corrected chi connectivity index (χ4v) is 5.64. The Kier molecular flexibility index (Phi) is 5.58. The van der Waals surface area contributed by atoms with Crippen LogP contribution in [-0.4, -0.2) is 4.98 Å². The quantitative estimate of drug-likeness (QED) is 0.266. The van der Waals surface area contributed by atoms with Crippen LogP contribution in [0, 0.1) is 5.92 Å². The molecule has 0 saturated heterocycles. The number of thiophene rings is 1. The average molecular weight is 450 g/mol. The number of nitrogens with zero attached hydrogens (tertiary/aromatic N) is 1. The maximum absolute atomic E-state index is 4.67. The molecule has 1 nitrogen and oxygen atoms in total. The predicted molar refractivity (Wildman–Crippen MR) is 145 cm³/mol. The van der Waals surface area contributed by atoms with Gasteiger partial charge in [0, 0.05) is 31.9 Å². The third-order valence-corrected chi connectivity index (χ3v) is 7.43. The lowest BCUT2D eigenvalue weighted by molar-refractivity contribution is 0.590. The van der Waals surface area contributed by atoms with E-state index >= 15 is 0 Å². The molecule has 0 radical (unpaired) electrons. The van der Waals surface area contributed by atoms with E-state index < -0.39 is 0 Å². The molecule has 0 atom stereocenters. The van der Waals surface area contributed by atoms with Crippen LogP contribution in [-0.2, 0) is 11.8 Å². The lowest BCUT2D eigenvalue weighted by atomic mass is 9.85. The maximum Gasteiger partial charge on any atom is 0.0704 e. The highest BCUT2D eigenvalue weighted by molar-refractivity contribution is 7.25. The van der Waals surface area contributed by atoms with Gasteiger partial charge in [-0.3, -0.25) is 4.98 Å². The molecule has 0 N–H and O–H groups in total. The average Bonchev–Trinajstić information content (AvgIpc) is 3.15. The summed E-state index contributed by atoms with van der Waals surface area (Å²) in [6.07, 6.45) is 3.03. The molecule has 5 rings (SSSR count). The van der Waals surface area contributed by atoms with Gasteiger partial charge < -0.3 is 0 Å². The zero-order chi connectivity index (χ0) is 23.2. The molecule has 0 aliphatic carbocycles. The van der Waals surface area contributed by atoms with E-state index in [1.165, 1.54) is 48.0 Å². The van der Waals surface area contributed by atoms with Crippen molar-refractivity contribution < 1.29 is 0 Å². The molecular formula is C31H31NS. The SMILES string of the molecule is CC(C)Cc1ccnc(-c2ccc3sc4cc(-c5cccc(C(C)(C)C)c5)ccc4c3c2)c1. The Morgan fingerprint density at radius 3 is 2.33 bits per heavy atom. The van der Waals surface area contributed by atoms with Crippen molar-refractivity contribution >= 4 is 31.5 Å². The van der Waals surface area contributed by atoms with Gasteiger partial charge in [-0.1, -0.05) is 77.1 Å². The summed E-state index contributed by atoms with van der Waals surface area (Å²) in [4.78, 5) is 4.67. The second-order valence-corrected chi connectivity index (χ2v) is 11.6. The fraction of sp³-hybridized carbons (Fsp3) is 0.258. The minimum absolute atomic E-state index is 0.147. The number of benzene rings is 3. The highest BCUT2D eigenvalue weighted by Gasteiger charge is 2.15. The van der Waals surface area contributed by atoms with E-state index in [9.17, 15) is 0 Å². The highest BCUT2D eigenvalue weighted by Crippen LogP contribution is 2.38. The van der Waals surface area contributed by atoms with Crippen LogP contribution >= 0.6 is 11.3 Å². The van der Waals surface area contributed by atoms with Crippen molar-refractivity contribution in [3.05, 3.63) is 90.1 Å². The summed E-state index contributed by atoms with van der Waals surface area (Å²) in [6, 6.07) is 27.0. The molecule has 2 heterocycles. The summed E-state index contributed by atoms with van der Waals surface area (Å²) in [5.41, 5.74) is 7.69. The predicted octanol–water partition coefficient (Wildman–Crippen LogP) is 9.28. The Labute approximate surface area is 201 Å². The Hall–Kier alpha value is -2.97. The number of aromatic nitrogens is 1. The molecule has 3 aromatic carbocycles. The standard InChI is InChI=1S/C31H31NS/c1-20(2)15-21-13-14-32-28(16-21)24-10-12-29-27(18-24)26-11-9-23(19-30(26)33-29)22-7-6-8-25(17-22)31(3,4)5/h6-14,16-20H,15H2,1-5H3. The molecule has 5 aromatic rings. The monoisotopic (exact) mass is 449 g/mol. The lowest BCUT2D eigenvalue weighted by Gasteiger charge is -2.19. The number of rotatable bonds is 4. The molecule has 0 bridgehead atoms. The summed E-state index contributed by atoms with van der Waals surface area (Å²) in [7, 11) is 0. The second kappa shape index (κ2) is 8.43. The molecule has 0 unspecified atom stereocenters. The Morgan fingerprint density at radius 2 is 1.55 bits per heavy atom. The van der Waals surface area contributed by atoms with Gasteiger partial charge in [-0.05, 0) is 70.3 Å². The minimum atomic E-state index is 0.147. The second-order valence-electron chi connectivity index (χ2n) is 10.5. The zero-order valence-corrected chi connectivity index (χ0v) is 21.0. The van der Waals surface area contributed by atoms with E-state index in [1.807, 2.05) is 17.5 Å². The van der Waals surface area contributed by atoms with Crippen molar-refractivity contribution in [3.63, 3.8) is 0 Å². The van der Waals surface area contributed by atoms with Gasteiger partial charge in [0.15, 0.2) is 0 Å². The number of pyridine rings is 1. The van der Waals surface area contributed by atoms with Gasteiger partial charge in [0.1, 0.15) is 0 Å². The summed E-state index contributed by atoms with van der Waals surface area (Å²) in [5, 5.41) is 2.64. The summed E-state index contributed by atoms with van der Waals surface area (Å²) < 4.78 is 2.66. The van der Waals surface area contributed by atoms with E-state index in [2.05, 4.69) is 112 Å². The van der Waals surface area contributed by atoms with E-state index in [1.54, 1.807) is 0 Å². The first-order valence-corrected chi connectivity index (χ1v) is 12.6. The van der Waals surface area contributed by atoms with Gasteiger partial charge in [-0.15, -0.1) is 11.3 Å². The molecular weight excluding hydrogens is 418 g/mol. The van der Waals surface area contributed by atoms with Gasteiger partial charge in [0.05, 0.1) is 5.69 Å². The van der Waals surface area contributed by atoms with Crippen molar-refractivity contribution in [2.24, 2.45) is 5.92 Å². The molecule has 0 spiro atoms. The van der Waals surface area contributed by atoms with Crippen LogP contribution in [0.2, 0.25) is 0 Å². The first-order chi connectivity index (χ1) is 15.8. The van der Waals surface area contributed by atoms with Crippen LogP contribution < -0.4 is 0 Å². The van der Waals surface area contributed by atoms with Crippen molar-refractivity contribution in [3.8, 4) is 22.4 Å². The first kappa shape index (κ1) is 21.9. The van der Waals surface area contributed by atoms with Crippen LogP contribution in [0.1, 0.15) is 45.7 Å². The van der Waals surface area contributed by atoms with Gasteiger partial charge in [-0.2, -0.15) is 0 Å². The third-order valence-electron chi connectivity index (χ3n) is 6.30. The number of hydrogen-bond acceptors (Lipinski definition) is 2. The molecule has 33 heavy (non-hydrogen) atoms. The third kappa shape index (κ3) is 4.45. The molecule has 0 saturated carbocycles. The fourth-order valence-electron chi connectivity index (χ4n) is 4.51. The van der Waals surface area contributed by atoms with E-state index in [4.69, 9.17) is 0 Å². The molecule has 2 aromatic heterocycles. The topological polar surface area (TPSA) is 12.9 Å². The Balaban J connectivity index is 1.56. The van der Waals surface area contributed by atoms with Crippen LogP contribution in [0.5, 0.6) is 0 Å². The summed E-state index contributed by atoms with van der Waals surface area (Å²) in [6.45, 7) is 11.3. The lowest BCUT2D eigenvalue weighted by Crippen LogP contribution is -2.10. The molecule has 166 valence electrons. The van der Waals surface area contributed by atoms with Gasteiger partial charge in [0.2, 0.25) is 0 Å². The molecule has 0 amide bonds. The molecule has 2 heteroatoms. The summed E-state index contributed by atoms with van der Waals surface area (Å²) in [5.74, 6) is 0.641. The van der Waals surface area contributed by atoms with Crippen molar-refractivity contribution in [2.45, 2.75) is 46.5 Å². The van der Waals surface area contributed by atoms with Crippen molar-refractivity contribution in [1.82, 2.24) is 4.98 Å². The maximum atomic E-state index is 4.67. The normalized spacial score (nSPS) is 12.2. The van der Waals surface area contributed by atoms with E-state index in [0.29, 0.717) is 5.92 Å². The van der Waals surface area contributed by atoms with Crippen molar-refractivity contribution in [1.29, 1.82) is 0 Å². The van der Waals surface area contributed by atoms with Crippen LogP contribution in [0.15, 0.2) is 79.0 Å². The number of hydrogen-bond donors (Lipinski definition) is 0. The highest BCUT2D eigenvalue weighted by atomic mass is 32.1. The van der Waals surface area contributed by atoms with Crippen LogP contribution in [0.25, 0.3) is 42.6 Å².